The molecule has 7 heteroatoms. The minimum Gasteiger partial charge on any atom is -0.372 e. The molecule has 0 atom stereocenters. The minimum absolute atomic E-state index is 0.709. The van der Waals surface area contributed by atoms with Crippen molar-refractivity contribution >= 4 is 23.0 Å². The van der Waals surface area contributed by atoms with Gasteiger partial charge in [0.25, 0.3) is 0 Å². The van der Waals surface area contributed by atoms with Crippen LogP contribution in [-0.2, 0) is 6.54 Å². The molecule has 170 valence electrons. The van der Waals surface area contributed by atoms with Gasteiger partial charge in [-0.25, -0.2) is 4.98 Å². The Labute approximate surface area is 191 Å². The summed E-state index contributed by atoms with van der Waals surface area (Å²) in [5.41, 5.74) is 2.52. The van der Waals surface area contributed by atoms with Gasteiger partial charge in [-0.1, -0.05) is 18.2 Å². The van der Waals surface area contributed by atoms with Crippen LogP contribution in [0, 0.1) is 12.8 Å². The molecule has 1 aliphatic heterocycles. The summed E-state index contributed by atoms with van der Waals surface area (Å²) in [6.45, 7) is 11.6. The Bertz CT molecular complexity index is 782. The first kappa shape index (κ1) is 23.5. The Hall–Kier alpha value is -2.12. The summed E-state index contributed by atoms with van der Waals surface area (Å²) >= 11 is 1.75. The number of aromatic nitrogens is 1. The molecule has 2 heterocycles. The van der Waals surface area contributed by atoms with Crippen molar-refractivity contribution in [3.63, 3.8) is 0 Å². The van der Waals surface area contributed by atoms with Gasteiger partial charge in [-0.3, -0.25) is 9.89 Å². The maximum atomic E-state index is 4.60. The van der Waals surface area contributed by atoms with Crippen molar-refractivity contribution in [1.82, 2.24) is 20.5 Å². The van der Waals surface area contributed by atoms with Gasteiger partial charge in [0.1, 0.15) is 0 Å². The second kappa shape index (κ2) is 12.7. The molecule has 1 aromatic carbocycles. The molecule has 0 amide bonds. The van der Waals surface area contributed by atoms with Gasteiger partial charge < -0.3 is 15.5 Å². The summed E-state index contributed by atoms with van der Waals surface area (Å²) in [4.78, 5) is 14.0. The molecule has 0 aliphatic carbocycles. The molecular formula is C24H38N6S. The molecule has 31 heavy (non-hydrogen) atoms. The SMILES string of the molecule is CCN(CCCNC(=NC)NCC1CCN(Cc2csc(C)n2)CC1)c1ccccc1. The zero-order valence-corrected chi connectivity index (χ0v) is 20.1. The predicted molar refractivity (Wildman–Crippen MR) is 133 cm³/mol. The number of thiazole rings is 1. The molecule has 0 unspecified atom stereocenters. The Morgan fingerprint density at radius 1 is 1.23 bits per heavy atom. The van der Waals surface area contributed by atoms with Crippen LogP contribution in [0.4, 0.5) is 5.69 Å². The number of hydrogen-bond acceptors (Lipinski definition) is 5. The molecule has 0 spiro atoms. The number of benzene rings is 1. The molecule has 0 radical (unpaired) electrons. The second-order valence-corrected chi connectivity index (χ2v) is 9.29. The number of piperidine rings is 1. The molecule has 1 aromatic heterocycles. The van der Waals surface area contributed by atoms with E-state index >= 15 is 0 Å². The van der Waals surface area contributed by atoms with Crippen LogP contribution < -0.4 is 15.5 Å². The largest absolute Gasteiger partial charge is 0.372 e. The quantitative estimate of drug-likeness (QED) is 0.333. The number of aliphatic imine (C=N–C) groups is 1. The summed E-state index contributed by atoms with van der Waals surface area (Å²) < 4.78 is 0. The van der Waals surface area contributed by atoms with Crippen molar-refractivity contribution in [1.29, 1.82) is 0 Å². The highest BCUT2D eigenvalue weighted by molar-refractivity contribution is 7.09. The summed E-state index contributed by atoms with van der Waals surface area (Å²) in [7, 11) is 1.86. The topological polar surface area (TPSA) is 55.8 Å². The number of guanidine groups is 1. The highest BCUT2D eigenvalue weighted by Gasteiger charge is 2.20. The van der Waals surface area contributed by atoms with Gasteiger partial charge in [0.15, 0.2) is 5.96 Å². The Morgan fingerprint density at radius 3 is 2.65 bits per heavy atom. The summed E-state index contributed by atoms with van der Waals surface area (Å²) in [5, 5.41) is 10.4. The first-order valence-electron chi connectivity index (χ1n) is 11.6. The van der Waals surface area contributed by atoms with Crippen LogP contribution in [0.2, 0.25) is 0 Å². The van der Waals surface area contributed by atoms with Crippen LogP contribution in [-0.4, -0.2) is 62.2 Å². The van der Waals surface area contributed by atoms with Gasteiger partial charge in [-0.05, 0) is 64.3 Å². The van der Waals surface area contributed by atoms with Crippen molar-refractivity contribution in [3.8, 4) is 0 Å². The number of likely N-dealkylation sites (tertiary alicyclic amines) is 1. The maximum Gasteiger partial charge on any atom is 0.190 e. The predicted octanol–water partition coefficient (Wildman–Crippen LogP) is 3.75. The van der Waals surface area contributed by atoms with Crippen LogP contribution >= 0.6 is 11.3 Å². The first-order valence-corrected chi connectivity index (χ1v) is 12.4. The third-order valence-electron chi connectivity index (χ3n) is 5.94. The lowest BCUT2D eigenvalue weighted by atomic mass is 9.97. The van der Waals surface area contributed by atoms with Crippen molar-refractivity contribution < 1.29 is 0 Å². The molecule has 1 aliphatic rings. The zero-order chi connectivity index (χ0) is 21.9. The van der Waals surface area contributed by atoms with E-state index in [1.165, 1.54) is 24.2 Å². The number of nitrogens with one attached hydrogen (secondary N) is 2. The zero-order valence-electron chi connectivity index (χ0n) is 19.3. The van der Waals surface area contributed by atoms with E-state index in [-0.39, 0.29) is 0 Å². The van der Waals surface area contributed by atoms with Crippen LogP contribution in [0.1, 0.15) is 36.9 Å². The average molecular weight is 443 g/mol. The lowest BCUT2D eigenvalue weighted by Crippen LogP contribution is -2.43. The van der Waals surface area contributed by atoms with Gasteiger partial charge in [0, 0.05) is 50.8 Å². The third kappa shape index (κ3) is 7.82. The van der Waals surface area contributed by atoms with E-state index in [0.29, 0.717) is 5.92 Å². The molecule has 2 aromatic rings. The molecule has 1 fully saturated rings. The van der Waals surface area contributed by atoms with Crippen LogP contribution in [0.3, 0.4) is 0 Å². The minimum atomic E-state index is 0.709. The fourth-order valence-electron chi connectivity index (χ4n) is 4.11. The molecule has 6 nitrogen and oxygen atoms in total. The molecule has 3 rings (SSSR count). The van der Waals surface area contributed by atoms with Gasteiger partial charge in [0.05, 0.1) is 10.7 Å². The third-order valence-corrected chi connectivity index (χ3v) is 6.76. The maximum absolute atomic E-state index is 4.60. The molecule has 0 saturated carbocycles. The Morgan fingerprint density at radius 2 is 2.00 bits per heavy atom. The van der Waals surface area contributed by atoms with E-state index in [0.717, 1.165) is 63.2 Å². The molecular weight excluding hydrogens is 404 g/mol. The first-order chi connectivity index (χ1) is 15.2. The van der Waals surface area contributed by atoms with Crippen LogP contribution in [0.5, 0.6) is 0 Å². The molecule has 2 N–H and O–H groups in total. The molecule has 0 bridgehead atoms. The van der Waals surface area contributed by atoms with E-state index in [4.69, 9.17) is 0 Å². The highest BCUT2D eigenvalue weighted by atomic mass is 32.1. The lowest BCUT2D eigenvalue weighted by molar-refractivity contribution is 0.176. The number of anilines is 1. The number of rotatable bonds is 10. The van der Waals surface area contributed by atoms with E-state index in [2.05, 4.69) is 80.0 Å². The van der Waals surface area contributed by atoms with Gasteiger partial charge in [-0.15, -0.1) is 11.3 Å². The van der Waals surface area contributed by atoms with Gasteiger partial charge >= 0.3 is 0 Å². The summed E-state index contributed by atoms with van der Waals surface area (Å²) in [5.74, 6) is 1.63. The molecule has 1 saturated heterocycles. The van der Waals surface area contributed by atoms with E-state index in [1.54, 1.807) is 11.3 Å². The van der Waals surface area contributed by atoms with E-state index < -0.39 is 0 Å². The smallest absolute Gasteiger partial charge is 0.190 e. The number of nitrogens with zero attached hydrogens (tertiary/aromatic N) is 4. The normalized spacial score (nSPS) is 15.8. The monoisotopic (exact) mass is 442 g/mol. The Kier molecular flexibility index (Phi) is 9.62. The van der Waals surface area contributed by atoms with Crippen molar-refractivity contribution in [2.24, 2.45) is 10.9 Å². The van der Waals surface area contributed by atoms with Gasteiger partial charge in [0.2, 0.25) is 0 Å². The summed E-state index contributed by atoms with van der Waals surface area (Å²) in [6, 6.07) is 10.6. The van der Waals surface area contributed by atoms with Crippen molar-refractivity contribution in [2.45, 2.75) is 39.7 Å². The lowest BCUT2D eigenvalue weighted by Gasteiger charge is -2.31. The number of para-hydroxylation sites is 1. The van der Waals surface area contributed by atoms with E-state index in [9.17, 15) is 0 Å². The van der Waals surface area contributed by atoms with Crippen molar-refractivity contribution in [3.05, 3.63) is 46.4 Å². The second-order valence-electron chi connectivity index (χ2n) is 8.23. The number of aryl methyl sites for hydroxylation is 1. The van der Waals surface area contributed by atoms with E-state index in [1.807, 2.05) is 7.05 Å². The van der Waals surface area contributed by atoms with Crippen LogP contribution in [0.15, 0.2) is 40.7 Å². The number of hydrogen-bond donors (Lipinski definition) is 2. The Balaban J connectivity index is 1.30. The standard InChI is InChI=1S/C24H38N6S/c1-4-30(23-9-6-5-7-10-23)14-8-13-26-24(25-3)27-17-21-11-15-29(16-12-21)18-22-19-31-20(2)28-22/h5-7,9-10,19,21H,4,8,11-18H2,1-3H3,(H2,25,26,27). The summed E-state index contributed by atoms with van der Waals surface area (Å²) in [6.07, 6.45) is 3.54. The highest BCUT2D eigenvalue weighted by Crippen LogP contribution is 2.19. The van der Waals surface area contributed by atoms with Gasteiger partial charge in [-0.2, -0.15) is 0 Å². The van der Waals surface area contributed by atoms with Crippen molar-refractivity contribution in [2.75, 3.05) is 51.2 Å². The fraction of sp³-hybridized carbons (Fsp3) is 0.583. The average Bonchev–Trinajstić information content (AvgIpc) is 3.22. The van der Waals surface area contributed by atoms with Crippen LogP contribution in [0.25, 0.3) is 0 Å². The fourth-order valence-corrected chi connectivity index (χ4v) is 4.71.